The molecule has 0 aliphatic rings. The maximum atomic E-state index is 12.5. The summed E-state index contributed by atoms with van der Waals surface area (Å²) in [6, 6.07) is 9.39. The van der Waals surface area contributed by atoms with Crippen LogP contribution in [-0.4, -0.2) is 29.9 Å². The van der Waals surface area contributed by atoms with Crippen LogP contribution in [0.15, 0.2) is 30.3 Å². The Kier molecular flexibility index (Phi) is 5.82. The quantitative estimate of drug-likeness (QED) is 0.749. The first-order valence-corrected chi connectivity index (χ1v) is 6.17. The van der Waals surface area contributed by atoms with Gasteiger partial charge in [-0.15, -0.1) is 0 Å². The molecule has 1 rings (SSSR count). The minimum absolute atomic E-state index is 0.150. The molecule has 0 amide bonds. The average Bonchev–Trinajstić information content (AvgIpc) is 2.28. The molecule has 0 bridgehead atoms. The Labute approximate surface area is 115 Å². The van der Waals surface area contributed by atoms with Crippen molar-refractivity contribution in [3.8, 4) is 0 Å². The highest BCUT2D eigenvalue weighted by molar-refractivity contribution is 6.64. The average molecular weight is 294 g/mol. The fraction of sp³-hybridized carbons (Fsp3) is 0.462. The minimum atomic E-state index is -4.58. The summed E-state index contributed by atoms with van der Waals surface area (Å²) >= 11 is 4.99. The summed E-state index contributed by atoms with van der Waals surface area (Å²) in [4.78, 5) is 12.5. The number of carbonyl (C=O) groups is 1. The van der Waals surface area contributed by atoms with E-state index < -0.39 is 17.3 Å². The van der Waals surface area contributed by atoms with Crippen molar-refractivity contribution in [3.05, 3.63) is 35.9 Å². The first-order chi connectivity index (χ1) is 8.80. The van der Waals surface area contributed by atoms with Crippen LogP contribution in [0.3, 0.4) is 0 Å². The zero-order chi connectivity index (χ0) is 14.5. The maximum absolute atomic E-state index is 12.5. The second-order valence-corrected chi connectivity index (χ2v) is 4.78. The Bertz CT molecular complexity index is 408. The molecule has 0 saturated carbocycles. The third-order valence-electron chi connectivity index (χ3n) is 2.76. The SMILES string of the molecule is CN(CCC(C(=O)Cl)C(F)(F)F)Cc1ccccc1. The van der Waals surface area contributed by atoms with Crippen molar-refractivity contribution in [3.63, 3.8) is 0 Å². The maximum Gasteiger partial charge on any atom is 0.399 e. The van der Waals surface area contributed by atoms with E-state index in [4.69, 9.17) is 11.6 Å². The molecule has 19 heavy (non-hydrogen) atoms. The zero-order valence-corrected chi connectivity index (χ0v) is 11.2. The molecule has 106 valence electrons. The second kappa shape index (κ2) is 6.91. The summed E-state index contributed by atoms with van der Waals surface area (Å²) in [5.41, 5.74) is 1.01. The van der Waals surface area contributed by atoms with E-state index in [-0.39, 0.29) is 13.0 Å². The molecule has 0 radical (unpaired) electrons. The van der Waals surface area contributed by atoms with Crippen LogP contribution in [0.4, 0.5) is 13.2 Å². The van der Waals surface area contributed by atoms with Gasteiger partial charge in [0, 0.05) is 6.54 Å². The van der Waals surface area contributed by atoms with Gasteiger partial charge in [-0.25, -0.2) is 0 Å². The molecule has 1 aromatic carbocycles. The predicted molar refractivity (Wildman–Crippen MR) is 67.8 cm³/mol. The summed E-state index contributed by atoms with van der Waals surface area (Å²) in [5, 5.41) is -1.35. The molecular formula is C13H15ClF3NO. The van der Waals surface area contributed by atoms with E-state index in [1.165, 1.54) is 0 Å². The Morgan fingerprint density at radius 1 is 1.32 bits per heavy atom. The molecule has 0 N–H and O–H groups in total. The molecule has 0 spiro atoms. The minimum Gasteiger partial charge on any atom is -0.302 e. The Hall–Kier alpha value is -1.07. The number of hydrogen-bond acceptors (Lipinski definition) is 2. The molecule has 1 unspecified atom stereocenters. The van der Waals surface area contributed by atoms with Crippen molar-refractivity contribution in [1.29, 1.82) is 0 Å². The van der Waals surface area contributed by atoms with Crippen molar-refractivity contribution >= 4 is 16.8 Å². The first-order valence-electron chi connectivity index (χ1n) is 5.79. The summed E-state index contributed by atoms with van der Waals surface area (Å²) < 4.78 is 37.6. The third kappa shape index (κ3) is 5.61. The van der Waals surface area contributed by atoms with Crippen molar-refractivity contribution in [2.75, 3.05) is 13.6 Å². The van der Waals surface area contributed by atoms with Gasteiger partial charge in [-0.2, -0.15) is 13.2 Å². The van der Waals surface area contributed by atoms with Crippen LogP contribution < -0.4 is 0 Å². The van der Waals surface area contributed by atoms with E-state index in [1.54, 1.807) is 11.9 Å². The lowest BCUT2D eigenvalue weighted by molar-refractivity contribution is -0.178. The molecule has 2 nitrogen and oxygen atoms in total. The predicted octanol–water partition coefficient (Wildman–Crippen LogP) is 3.45. The van der Waals surface area contributed by atoms with Gasteiger partial charge in [0.2, 0.25) is 5.24 Å². The van der Waals surface area contributed by atoms with E-state index >= 15 is 0 Å². The number of benzene rings is 1. The lowest BCUT2D eigenvalue weighted by Gasteiger charge is -2.21. The summed E-state index contributed by atoms with van der Waals surface area (Å²) in [5.74, 6) is -2.09. The van der Waals surface area contributed by atoms with E-state index in [2.05, 4.69) is 0 Å². The van der Waals surface area contributed by atoms with Crippen molar-refractivity contribution in [2.24, 2.45) is 5.92 Å². The normalized spacial score (nSPS) is 13.6. The summed E-state index contributed by atoms with van der Waals surface area (Å²) in [6.07, 6.45) is -4.90. The molecule has 0 aliphatic carbocycles. The van der Waals surface area contributed by atoms with Gasteiger partial charge in [-0.1, -0.05) is 30.3 Å². The van der Waals surface area contributed by atoms with Gasteiger partial charge in [0.05, 0.1) is 0 Å². The number of carbonyl (C=O) groups excluding carboxylic acids is 1. The van der Waals surface area contributed by atoms with Crippen LogP contribution in [0.25, 0.3) is 0 Å². The second-order valence-electron chi connectivity index (χ2n) is 4.41. The standard InChI is InChI=1S/C13H15ClF3NO/c1-18(9-10-5-3-2-4-6-10)8-7-11(12(14)19)13(15,16)17/h2-6,11H,7-9H2,1H3. The Morgan fingerprint density at radius 3 is 2.37 bits per heavy atom. The number of rotatable bonds is 6. The molecule has 1 atom stereocenters. The summed E-state index contributed by atoms with van der Waals surface area (Å²) in [6.45, 7) is 0.680. The monoisotopic (exact) mass is 293 g/mol. The molecule has 0 heterocycles. The van der Waals surface area contributed by atoms with Crippen LogP contribution in [0, 0.1) is 5.92 Å². The van der Waals surface area contributed by atoms with E-state index in [0.29, 0.717) is 6.54 Å². The third-order valence-corrected chi connectivity index (χ3v) is 3.03. The fourth-order valence-electron chi connectivity index (χ4n) is 1.73. The Morgan fingerprint density at radius 2 is 1.89 bits per heavy atom. The lowest BCUT2D eigenvalue weighted by atomic mass is 10.1. The Balaban J connectivity index is 2.49. The van der Waals surface area contributed by atoms with Crippen molar-refractivity contribution in [1.82, 2.24) is 4.90 Å². The van der Waals surface area contributed by atoms with Gasteiger partial charge in [-0.3, -0.25) is 4.79 Å². The van der Waals surface area contributed by atoms with Gasteiger partial charge >= 0.3 is 6.18 Å². The molecule has 1 aromatic rings. The summed E-state index contributed by atoms with van der Waals surface area (Å²) in [7, 11) is 1.71. The van der Waals surface area contributed by atoms with Crippen LogP contribution >= 0.6 is 11.6 Å². The highest BCUT2D eigenvalue weighted by Gasteiger charge is 2.43. The van der Waals surface area contributed by atoms with E-state index in [1.807, 2.05) is 30.3 Å². The molecule has 0 saturated heterocycles. The van der Waals surface area contributed by atoms with Crippen molar-refractivity contribution < 1.29 is 18.0 Å². The molecular weight excluding hydrogens is 279 g/mol. The highest BCUT2D eigenvalue weighted by Crippen LogP contribution is 2.30. The number of nitrogens with zero attached hydrogens (tertiary/aromatic N) is 1. The van der Waals surface area contributed by atoms with Gasteiger partial charge in [-0.05, 0) is 37.2 Å². The first kappa shape index (κ1) is 16.0. The fourth-order valence-corrected chi connectivity index (χ4v) is 1.96. The van der Waals surface area contributed by atoms with Crippen LogP contribution in [0.2, 0.25) is 0 Å². The topological polar surface area (TPSA) is 20.3 Å². The molecule has 0 aliphatic heterocycles. The molecule has 6 heteroatoms. The molecule has 0 fully saturated rings. The highest BCUT2D eigenvalue weighted by atomic mass is 35.5. The van der Waals surface area contributed by atoms with Crippen LogP contribution in [0.5, 0.6) is 0 Å². The number of halogens is 4. The van der Waals surface area contributed by atoms with Gasteiger partial charge in [0.15, 0.2) is 0 Å². The van der Waals surface area contributed by atoms with Gasteiger partial charge < -0.3 is 4.90 Å². The van der Waals surface area contributed by atoms with E-state index in [9.17, 15) is 18.0 Å². The largest absolute Gasteiger partial charge is 0.399 e. The zero-order valence-electron chi connectivity index (χ0n) is 10.5. The van der Waals surface area contributed by atoms with Gasteiger partial charge in [0.25, 0.3) is 0 Å². The smallest absolute Gasteiger partial charge is 0.302 e. The lowest BCUT2D eigenvalue weighted by Crippen LogP contribution is -2.32. The number of alkyl halides is 3. The van der Waals surface area contributed by atoms with Crippen LogP contribution in [0.1, 0.15) is 12.0 Å². The molecule has 0 aromatic heterocycles. The number of hydrogen-bond donors (Lipinski definition) is 0. The van der Waals surface area contributed by atoms with Crippen molar-refractivity contribution in [2.45, 2.75) is 19.1 Å². The van der Waals surface area contributed by atoms with Gasteiger partial charge in [0.1, 0.15) is 5.92 Å². The van der Waals surface area contributed by atoms with Crippen LogP contribution in [-0.2, 0) is 11.3 Å². The van der Waals surface area contributed by atoms with E-state index in [0.717, 1.165) is 5.56 Å².